The van der Waals surface area contributed by atoms with Gasteiger partial charge < -0.3 is 9.47 Å². The van der Waals surface area contributed by atoms with E-state index in [0.29, 0.717) is 0 Å². The first-order valence-corrected chi connectivity index (χ1v) is 10.3. The summed E-state index contributed by atoms with van der Waals surface area (Å²) in [5.41, 5.74) is 4.21. The van der Waals surface area contributed by atoms with Gasteiger partial charge in [-0.1, -0.05) is 85.7 Å². The van der Waals surface area contributed by atoms with Crippen molar-refractivity contribution >= 4 is 11.9 Å². The molecule has 0 saturated heterocycles. The average Bonchev–Trinajstić information content (AvgIpc) is 2.69. The lowest BCUT2D eigenvalue weighted by atomic mass is 9.92. The molecule has 2 rings (SSSR count). The van der Waals surface area contributed by atoms with E-state index >= 15 is 0 Å². The highest BCUT2D eigenvalue weighted by Crippen LogP contribution is 2.31. The number of hydrogen-bond acceptors (Lipinski definition) is 4. The molecule has 2 aromatic rings. The third-order valence-corrected chi connectivity index (χ3v) is 5.07. The second-order valence-corrected chi connectivity index (χ2v) is 7.98. The average molecular weight is 409 g/mol. The summed E-state index contributed by atoms with van der Waals surface area (Å²) >= 11 is 0. The molecule has 0 heterocycles. The summed E-state index contributed by atoms with van der Waals surface area (Å²) < 4.78 is 11.2. The van der Waals surface area contributed by atoms with Crippen LogP contribution in [0.2, 0.25) is 0 Å². The number of hydrogen-bond donors (Lipinski definition) is 0. The van der Waals surface area contributed by atoms with Crippen LogP contribution in [0.15, 0.2) is 60.7 Å². The van der Waals surface area contributed by atoms with Gasteiger partial charge in [-0.05, 0) is 25.0 Å². The normalized spacial score (nSPS) is 15.3. The summed E-state index contributed by atoms with van der Waals surface area (Å²) in [5.74, 6) is -0.720. The van der Waals surface area contributed by atoms with Crippen LogP contribution in [0, 0.1) is 25.7 Å². The number of benzene rings is 2. The number of rotatable bonds is 8. The number of esters is 2. The van der Waals surface area contributed by atoms with E-state index in [1.54, 1.807) is 0 Å². The first-order chi connectivity index (χ1) is 14.2. The fraction of sp³-hybridized carbons (Fsp3) is 0.385. The Hall–Kier alpha value is -2.88. The van der Waals surface area contributed by atoms with Crippen LogP contribution in [0.25, 0.3) is 0 Å². The Bertz CT molecular complexity index is 791. The van der Waals surface area contributed by atoms with Crippen molar-refractivity contribution in [1.29, 1.82) is 0 Å². The molecule has 0 aliphatic rings. The van der Waals surface area contributed by atoms with Crippen LogP contribution in [0.1, 0.15) is 62.2 Å². The predicted molar refractivity (Wildman–Crippen MR) is 119 cm³/mol. The molecule has 160 valence electrons. The third kappa shape index (κ3) is 6.87. The molecular formula is C26H32O4. The minimum atomic E-state index is -0.377. The molecule has 30 heavy (non-hydrogen) atoms. The van der Waals surface area contributed by atoms with Crippen molar-refractivity contribution < 1.29 is 19.1 Å². The second-order valence-electron chi connectivity index (χ2n) is 7.98. The number of aryl methyl sites for hydroxylation is 2. The van der Waals surface area contributed by atoms with Crippen molar-refractivity contribution in [3.05, 3.63) is 82.9 Å². The topological polar surface area (TPSA) is 52.6 Å². The van der Waals surface area contributed by atoms with Crippen molar-refractivity contribution in [1.82, 2.24) is 0 Å². The van der Waals surface area contributed by atoms with Crippen molar-refractivity contribution in [3.8, 4) is 0 Å². The maximum atomic E-state index is 11.7. The Labute approximate surface area is 179 Å². The number of ether oxygens (including phenoxy) is 2. The van der Waals surface area contributed by atoms with Gasteiger partial charge in [0.1, 0.15) is 12.2 Å². The van der Waals surface area contributed by atoms with E-state index in [4.69, 9.17) is 9.47 Å². The van der Waals surface area contributed by atoms with E-state index in [0.717, 1.165) is 22.3 Å². The van der Waals surface area contributed by atoms with Gasteiger partial charge in [-0.15, -0.1) is 0 Å². The zero-order chi connectivity index (χ0) is 22.3. The fourth-order valence-corrected chi connectivity index (χ4v) is 3.38. The highest BCUT2D eigenvalue weighted by Gasteiger charge is 2.23. The van der Waals surface area contributed by atoms with Crippen LogP contribution in [0.3, 0.4) is 0 Å². The molecule has 0 aromatic heterocycles. The van der Waals surface area contributed by atoms with Gasteiger partial charge in [0.15, 0.2) is 0 Å². The molecule has 0 fully saturated rings. The number of carbonyl (C=O) groups excluding carboxylic acids is 2. The molecule has 0 N–H and O–H groups in total. The molecule has 4 nitrogen and oxygen atoms in total. The lowest BCUT2D eigenvalue weighted by Crippen LogP contribution is -2.17. The molecule has 0 aliphatic heterocycles. The van der Waals surface area contributed by atoms with Crippen molar-refractivity contribution in [3.63, 3.8) is 0 Å². The summed E-state index contributed by atoms with van der Waals surface area (Å²) in [7, 11) is 0. The molecule has 2 aromatic carbocycles. The summed E-state index contributed by atoms with van der Waals surface area (Å²) in [6.07, 6.45) is 3.31. The van der Waals surface area contributed by atoms with Crippen LogP contribution < -0.4 is 0 Å². The zero-order valence-electron chi connectivity index (χ0n) is 18.7. The second kappa shape index (κ2) is 10.8. The predicted octanol–water partition coefficient (Wildman–Crippen LogP) is 6.04. The molecule has 0 spiro atoms. The van der Waals surface area contributed by atoms with E-state index in [1.807, 2.05) is 88.4 Å². The van der Waals surface area contributed by atoms with Gasteiger partial charge in [-0.3, -0.25) is 9.59 Å². The lowest BCUT2D eigenvalue weighted by molar-refractivity contribution is -0.149. The highest BCUT2D eigenvalue weighted by molar-refractivity contribution is 5.66. The first kappa shape index (κ1) is 23.4. The van der Waals surface area contributed by atoms with Crippen LogP contribution in [0.5, 0.6) is 0 Å². The van der Waals surface area contributed by atoms with E-state index in [9.17, 15) is 9.59 Å². The van der Waals surface area contributed by atoms with Crippen molar-refractivity contribution in [2.75, 3.05) is 0 Å². The van der Waals surface area contributed by atoms with Gasteiger partial charge in [0.2, 0.25) is 0 Å². The van der Waals surface area contributed by atoms with Crippen molar-refractivity contribution in [2.45, 2.75) is 53.8 Å². The summed E-state index contributed by atoms with van der Waals surface area (Å²) in [6, 6.07) is 16.0. The molecule has 4 unspecified atom stereocenters. The van der Waals surface area contributed by atoms with Gasteiger partial charge in [-0.2, -0.15) is 0 Å². The van der Waals surface area contributed by atoms with Gasteiger partial charge in [0, 0.05) is 25.7 Å². The minimum Gasteiger partial charge on any atom is -0.457 e. The Morgan fingerprint density at radius 2 is 0.967 bits per heavy atom. The Kier molecular flexibility index (Phi) is 8.40. The number of carbonyl (C=O) groups is 2. The van der Waals surface area contributed by atoms with Crippen molar-refractivity contribution in [2.24, 2.45) is 11.8 Å². The lowest BCUT2D eigenvalue weighted by Gasteiger charge is -2.24. The van der Waals surface area contributed by atoms with Gasteiger partial charge in [0.25, 0.3) is 0 Å². The smallest absolute Gasteiger partial charge is 0.303 e. The van der Waals surface area contributed by atoms with Gasteiger partial charge >= 0.3 is 11.9 Å². The molecule has 0 saturated carbocycles. The van der Waals surface area contributed by atoms with Crippen LogP contribution in [-0.4, -0.2) is 11.9 Å². The molecule has 4 atom stereocenters. The maximum Gasteiger partial charge on any atom is 0.303 e. The maximum absolute atomic E-state index is 11.7. The Balaban J connectivity index is 2.22. The van der Waals surface area contributed by atoms with E-state index in [1.165, 1.54) is 13.8 Å². The third-order valence-electron chi connectivity index (χ3n) is 5.07. The monoisotopic (exact) mass is 408 g/mol. The molecule has 0 aliphatic carbocycles. The van der Waals surface area contributed by atoms with Gasteiger partial charge in [0.05, 0.1) is 0 Å². The van der Waals surface area contributed by atoms with E-state index < -0.39 is 0 Å². The van der Waals surface area contributed by atoms with Crippen LogP contribution in [-0.2, 0) is 19.1 Å². The standard InChI is InChI=1S/C26H32O4/c1-17-7-13-23(14-8-17)25(29-21(5)27)19(3)11-12-20(4)26(30-22(6)28)24-15-9-18(2)10-16-24/h7-16,19-20,25-26H,1-6H3. The summed E-state index contributed by atoms with van der Waals surface area (Å²) in [4.78, 5) is 23.4. The molecule has 4 heteroatoms. The molecule has 0 bridgehead atoms. The van der Waals surface area contributed by atoms with E-state index in [-0.39, 0.29) is 36.0 Å². The Morgan fingerprint density at radius 1 is 0.667 bits per heavy atom. The quantitative estimate of drug-likeness (QED) is 0.395. The highest BCUT2D eigenvalue weighted by atomic mass is 16.5. The summed E-state index contributed by atoms with van der Waals surface area (Å²) in [5, 5.41) is 0. The first-order valence-electron chi connectivity index (χ1n) is 10.3. The molecule has 0 radical (unpaired) electrons. The largest absolute Gasteiger partial charge is 0.457 e. The zero-order valence-corrected chi connectivity index (χ0v) is 18.7. The van der Waals surface area contributed by atoms with Crippen LogP contribution >= 0.6 is 0 Å². The SMILES string of the molecule is CC(=O)OC(c1ccc(C)cc1)C(C)C=CC(C)C(OC(C)=O)c1ccc(C)cc1. The van der Waals surface area contributed by atoms with Crippen LogP contribution in [0.4, 0.5) is 0 Å². The minimum absolute atomic E-state index is 0.0462. The van der Waals surface area contributed by atoms with E-state index in [2.05, 4.69) is 0 Å². The Morgan fingerprint density at radius 3 is 1.23 bits per heavy atom. The molecular weight excluding hydrogens is 376 g/mol. The summed E-state index contributed by atoms with van der Waals surface area (Å²) in [6.45, 7) is 10.9. The van der Waals surface area contributed by atoms with Gasteiger partial charge in [-0.25, -0.2) is 0 Å². The fourth-order valence-electron chi connectivity index (χ4n) is 3.38. The molecule has 0 amide bonds.